The summed E-state index contributed by atoms with van der Waals surface area (Å²) >= 11 is 0. The van der Waals surface area contributed by atoms with Crippen LogP contribution in [0, 0.1) is 0 Å². The number of aromatic amines is 1. The van der Waals surface area contributed by atoms with Crippen LogP contribution in [0.4, 0.5) is 0 Å². The zero-order valence-corrected chi connectivity index (χ0v) is 18.4. The molecule has 2 aromatic rings. The molecule has 1 aromatic carbocycles. The maximum atomic E-state index is 12.3. The van der Waals surface area contributed by atoms with Crippen LogP contribution >= 0.6 is 0 Å². The molecule has 0 fully saturated rings. The van der Waals surface area contributed by atoms with Gasteiger partial charge in [0.2, 0.25) is 5.91 Å². The van der Waals surface area contributed by atoms with Crippen LogP contribution in [0.5, 0.6) is 0 Å². The first kappa shape index (κ1) is 23.4. The summed E-state index contributed by atoms with van der Waals surface area (Å²) in [7, 11) is 0. The summed E-state index contributed by atoms with van der Waals surface area (Å²) < 4.78 is 1.18. The van der Waals surface area contributed by atoms with Gasteiger partial charge in [0.15, 0.2) is 0 Å². The number of rotatable bonds is 16. The zero-order valence-electron chi connectivity index (χ0n) is 18.4. The van der Waals surface area contributed by atoms with Crippen LogP contribution in [-0.2, 0) is 0 Å². The second kappa shape index (κ2) is 14.2. The molecule has 0 aliphatic rings. The summed E-state index contributed by atoms with van der Waals surface area (Å²) in [6, 6.07) is 7.27. The van der Waals surface area contributed by atoms with Crippen molar-refractivity contribution in [2.75, 3.05) is 0 Å². The number of hydrogen-bond acceptors (Lipinski definition) is 2. The molecule has 2 rings (SSSR count). The number of nitrogens with one attached hydrogen (secondary N) is 1. The largest absolute Gasteiger partial charge is 0.288 e. The van der Waals surface area contributed by atoms with Gasteiger partial charge in [0.05, 0.1) is 10.9 Å². The molecule has 0 radical (unpaired) electrons. The lowest BCUT2D eigenvalue weighted by Gasteiger charge is -2.03. The normalized spacial score (nSPS) is 11.3. The Labute approximate surface area is 176 Å². The minimum Gasteiger partial charge on any atom is -0.288 e. The summed E-state index contributed by atoms with van der Waals surface area (Å²) in [5, 5.41) is 3.50. The molecule has 0 amide bonds. The number of unbranched alkanes of at least 4 members (excludes halogenated alkanes) is 14. The molecule has 4 heteroatoms. The van der Waals surface area contributed by atoms with Gasteiger partial charge in [0, 0.05) is 6.42 Å². The van der Waals surface area contributed by atoms with Crippen molar-refractivity contribution in [1.82, 2.24) is 9.78 Å². The van der Waals surface area contributed by atoms with E-state index in [4.69, 9.17) is 0 Å². The van der Waals surface area contributed by atoms with Gasteiger partial charge in [0.25, 0.3) is 5.56 Å². The van der Waals surface area contributed by atoms with Crippen LogP contribution in [0.15, 0.2) is 29.1 Å². The fourth-order valence-corrected chi connectivity index (χ4v) is 3.99. The summed E-state index contributed by atoms with van der Waals surface area (Å²) in [4.78, 5) is 24.5. The minimum atomic E-state index is -0.230. The van der Waals surface area contributed by atoms with Gasteiger partial charge in [-0.1, -0.05) is 109 Å². The highest BCUT2D eigenvalue weighted by atomic mass is 16.2. The van der Waals surface area contributed by atoms with Gasteiger partial charge in [-0.3, -0.25) is 14.7 Å². The van der Waals surface area contributed by atoms with Crippen LogP contribution in [0.3, 0.4) is 0 Å². The van der Waals surface area contributed by atoms with Gasteiger partial charge in [-0.05, 0) is 18.6 Å². The van der Waals surface area contributed by atoms with Crippen molar-refractivity contribution in [2.24, 2.45) is 0 Å². The lowest BCUT2D eigenvalue weighted by molar-refractivity contribution is 0.0880. The highest BCUT2D eigenvalue weighted by Crippen LogP contribution is 2.14. The standard InChI is InChI=1S/C25H40N2O2/c1-2-3-4-5-6-7-8-9-10-11-12-13-14-15-16-21-24(28)27-25(29)22-19-17-18-20-23(22)26-27/h17-20,26H,2-16,21H2,1H3. The molecular formula is C25H40N2O2. The molecular weight excluding hydrogens is 360 g/mol. The first-order valence-corrected chi connectivity index (χ1v) is 12.0. The molecule has 4 nitrogen and oxygen atoms in total. The predicted molar refractivity (Wildman–Crippen MR) is 123 cm³/mol. The van der Waals surface area contributed by atoms with Crippen LogP contribution in [-0.4, -0.2) is 15.7 Å². The number of H-pyrrole nitrogens is 1. The topological polar surface area (TPSA) is 54.9 Å². The Bertz CT molecular complexity index is 760. The van der Waals surface area contributed by atoms with Gasteiger partial charge in [-0.15, -0.1) is 0 Å². The summed E-state index contributed by atoms with van der Waals surface area (Å²) in [5.74, 6) is -0.124. The molecule has 0 bridgehead atoms. The van der Waals surface area contributed by atoms with Gasteiger partial charge in [-0.25, -0.2) is 0 Å². The average Bonchev–Trinajstić information content (AvgIpc) is 3.07. The quantitative estimate of drug-likeness (QED) is 0.302. The molecule has 0 unspecified atom stereocenters. The number of hydrogen-bond donors (Lipinski definition) is 1. The molecule has 0 atom stereocenters. The Morgan fingerprint density at radius 3 is 1.76 bits per heavy atom. The Morgan fingerprint density at radius 1 is 0.759 bits per heavy atom. The average molecular weight is 401 g/mol. The predicted octanol–water partition coefficient (Wildman–Crippen LogP) is 7.23. The number of carbonyl (C=O) groups excluding carboxylic acids is 1. The van der Waals surface area contributed by atoms with Crippen LogP contribution in [0.1, 0.15) is 114 Å². The highest BCUT2D eigenvalue weighted by molar-refractivity contribution is 5.85. The van der Waals surface area contributed by atoms with Gasteiger partial charge >= 0.3 is 0 Å². The van der Waals surface area contributed by atoms with E-state index in [1.165, 1.54) is 88.2 Å². The van der Waals surface area contributed by atoms with Crippen molar-refractivity contribution in [3.8, 4) is 0 Å². The summed E-state index contributed by atoms with van der Waals surface area (Å²) in [5.41, 5.74) is 0.494. The van der Waals surface area contributed by atoms with E-state index in [1.807, 2.05) is 18.2 Å². The van der Waals surface area contributed by atoms with E-state index in [-0.39, 0.29) is 11.5 Å². The van der Waals surface area contributed by atoms with E-state index in [0.29, 0.717) is 11.8 Å². The monoisotopic (exact) mass is 400 g/mol. The first-order valence-electron chi connectivity index (χ1n) is 12.0. The number of nitrogens with zero attached hydrogens (tertiary/aromatic N) is 1. The lowest BCUT2D eigenvalue weighted by atomic mass is 10.0. The van der Waals surface area contributed by atoms with E-state index in [0.717, 1.165) is 18.4 Å². The Hall–Kier alpha value is -1.84. The van der Waals surface area contributed by atoms with Crippen LogP contribution in [0.25, 0.3) is 10.9 Å². The Kier molecular flexibility index (Phi) is 11.5. The fraction of sp³-hybridized carbons (Fsp3) is 0.680. The van der Waals surface area contributed by atoms with E-state index in [2.05, 4.69) is 12.0 Å². The molecule has 0 saturated heterocycles. The molecule has 0 spiro atoms. The van der Waals surface area contributed by atoms with Crippen molar-refractivity contribution >= 4 is 16.8 Å². The second-order valence-corrected chi connectivity index (χ2v) is 8.39. The number of benzene rings is 1. The van der Waals surface area contributed by atoms with Crippen molar-refractivity contribution in [3.63, 3.8) is 0 Å². The minimum absolute atomic E-state index is 0.124. The van der Waals surface area contributed by atoms with Crippen molar-refractivity contribution < 1.29 is 4.79 Å². The lowest BCUT2D eigenvalue weighted by Crippen LogP contribution is -2.24. The third-order valence-corrected chi connectivity index (χ3v) is 5.84. The van der Waals surface area contributed by atoms with E-state index < -0.39 is 0 Å². The van der Waals surface area contributed by atoms with Crippen LogP contribution < -0.4 is 5.56 Å². The molecule has 0 aliphatic heterocycles. The van der Waals surface area contributed by atoms with Gasteiger partial charge in [-0.2, -0.15) is 4.68 Å². The van der Waals surface area contributed by atoms with E-state index in [9.17, 15) is 9.59 Å². The summed E-state index contributed by atoms with van der Waals surface area (Å²) in [6.45, 7) is 2.27. The van der Waals surface area contributed by atoms with Crippen molar-refractivity contribution in [1.29, 1.82) is 0 Å². The maximum absolute atomic E-state index is 12.3. The number of carbonyl (C=O) groups is 1. The smallest absolute Gasteiger partial charge is 0.281 e. The van der Waals surface area contributed by atoms with Gasteiger partial charge < -0.3 is 0 Å². The second-order valence-electron chi connectivity index (χ2n) is 8.39. The molecule has 162 valence electrons. The Morgan fingerprint density at radius 2 is 1.24 bits per heavy atom. The highest BCUT2D eigenvalue weighted by Gasteiger charge is 2.12. The molecule has 29 heavy (non-hydrogen) atoms. The third-order valence-electron chi connectivity index (χ3n) is 5.84. The van der Waals surface area contributed by atoms with E-state index in [1.54, 1.807) is 6.07 Å². The van der Waals surface area contributed by atoms with Crippen LogP contribution in [0.2, 0.25) is 0 Å². The summed E-state index contributed by atoms with van der Waals surface area (Å²) in [6.07, 6.45) is 20.0. The first-order chi connectivity index (χ1) is 14.2. The van der Waals surface area contributed by atoms with Gasteiger partial charge in [0.1, 0.15) is 0 Å². The van der Waals surface area contributed by atoms with Crippen molar-refractivity contribution in [3.05, 3.63) is 34.6 Å². The maximum Gasteiger partial charge on any atom is 0.281 e. The SMILES string of the molecule is CCCCCCCCCCCCCCCCCC(=O)n1[nH]c2ccccc2c1=O. The molecule has 1 N–H and O–H groups in total. The number of para-hydroxylation sites is 1. The number of fused-ring (bicyclic) bond motifs is 1. The van der Waals surface area contributed by atoms with E-state index >= 15 is 0 Å². The molecule has 1 heterocycles. The zero-order chi connectivity index (χ0) is 20.7. The van der Waals surface area contributed by atoms with Crippen molar-refractivity contribution in [2.45, 2.75) is 110 Å². The fourth-order valence-electron chi connectivity index (χ4n) is 3.99. The number of aromatic nitrogens is 2. The molecule has 1 aromatic heterocycles. The molecule has 0 aliphatic carbocycles. The third kappa shape index (κ3) is 8.59. The molecule has 0 saturated carbocycles. The Balaban J connectivity index is 1.44.